The maximum absolute atomic E-state index is 12.8. The lowest BCUT2D eigenvalue weighted by Crippen LogP contribution is -2.34. The molecule has 3 rings (SSSR count). The molecule has 0 aromatic heterocycles. The SMILES string of the molecule is CCCOC(=O)CN1C(=O)C(=C2C(=O)N(C)c3ccccc32)SC1=S. The Hall–Kier alpha value is -2.19. The lowest BCUT2D eigenvalue weighted by atomic mass is 10.1. The summed E-state index contributed by atoms with van der Waals surface area (Å²) >= 11 is 6.28. The highest BCUT2D eigenvalue weighted by molar-refractivity contribution is 8.26. The molecular formula is C17H16N2O4S2. The van der Waals surface area contributed by atoms with Gasteiger partial charge < -0.3 is 9.64 Å². The molecule has 1 aromatic carbocycles. The van der Waals surface area contributed by atoms with E-state index < -0.39 is 11.9 Å². The fraction of sp³-hybridized carbons (Fsp3) is 0.294. The molecule has 0 aliphatic carbocycles. The molecule has 1 saturated heterocycles. The Labute approximate surface area is 154 Å². The summed E-state index contributed by atoms with van der Waals surface area (Å²) < 4.78 is 5.26. The van der Waals surface area contributed by atoms with Crippen LogP contribution in [0.2, 0.25) is 0 Å². The lowest BCUT2D eigenvalue weighted by molar-refractivity contribution is -0.146. The summed E-state index contributed by atoms with van der Waals surface area (Å²) in [7, 11) is 1.66. The molecule has 1 fully saturated rings. The number of carbonyl (C=O) groups is 3. The fourth-order valence-electron chi connectivity index (χ4n) is 2.67. The van der Waals surface area contributed by atoms with Gasteiger partial charge in [0.05, 0.1) is 22.8 Å². The summed E-state index contributed by atoms with van der Waals surface area (Å²) in [6.07, 6.45) is 0.700. The molecule has 0 atom stereocenters. The number of amides is 2. The molecule has 0 N–H and O–H groups in total. The van der Waals surface area contributed by atoms with E-state index in [9.17, 15) is 14.4 Å². The van der Waals surface area contributed by atoms with Crippen LogP contribution in [0, 0.1) is 0 Å². The normalized spacial score (nSPS) is 19.7. The van der Waals surface area contributed by atoms with E-state index in [4.69, 9.17) is 17.0 Å². The molecule has 2 aliphatic heterocycles. The topological polar surface area (TPSA) is 66.9 Å². The highest BCUT2D eigenvalue weighted by Crippen LogP contribution is 2.43. The van der Waals surface area contributed by atoms with E-state index in [-0.39, 0.29) is 21.7 Å². The summed E-state index contributed by atoms with van der Waals surface area (Å²) in [6.45, 7) is 1.94. The smallest absolute Gasteiger partial charge is 0.326 e. The molecule has 1 aromatic rings. The highest BCUT2D eigenvalue weighted by Gasteiger charge is 2.41. The molecule has 0 radical (unpaired) electrons. The largest absolute Gasteiger partial charge is 0.464 e. The van der Waals surface area contributed by atoms with Gasteiger partial charge in [-0.25, -0.2) is 0 Å². The summed E-state index contributed by atoms with van der Waals surface area (Å²) in [5.74, 6) is -1.20. The van der Waals surface area contributed by atoms with Crippen molar-refractivity contribution in [3.05, 3.63) is 34.7 Å². The minimum Gasteiger partial charge on any atom is -0.464 e. The monoisotopic (exact) mass is 376 g/mol. The van der Waals surface area contributed by atoms with Crippen molar-refractivity contribution in [1.82, 2.24) is 4.90 Å². The summed E-state index contributed by atoms with van der Waals surface area (Å²) in [5.41, 5.74) is 1.78. The van der Waals surface area contributed by atoms with Gasteiger partial charge in [0, 0.05) is 12.6 Å². The number of thioether (sulfide) groups is 1. The zero-order valence-corrected chi connectivity index (χ0v) is 15.4. The van der Waals surface area contributed by atoms with Gasteiger partial charge in [-0.1, -0.05) is 49.1 Å². The van der Waals surface area contributed by atoms with Crippen LogP contribution in [-0.4, -0.2) is 47.2 Å². The number of benzene rings is 1. The van der Waals surface area contributed by atoms with Gasteiger partial charge >= 0.3 is 5.97 Å². The van der Waals surface area contributed by atoms with Crippen LogP contribution in [-0.2, 0) is 19.1 Å². The van der Waals surface area contributed by atoms with Crippen molar-refractivity contribution in [2.45, 2.75) is 13.3 Å². The molecule has 130 valence electrons. The molecule has 6 nitrogen and oxygen atoms in total. The highest BCUT2D eigenvalue weighted by atomic mass is 32.2. The van der Waals surface area contributed by atoms with E-state index in [0.717, 1.165) is 17.4 Å². The number of nitrogens with zero attached hydrogens (tertiary/aromatic N) is 2. The molecule has 0 spiro atoms. The molecule has 2 aliphatic rings. The van der Waals surface area contributed by atoms with Crippen LogP contribution < -0.4 is 4.90 Å². The molecule has 0 bridgehead atoms. The third-order valence-corrected chi connectivity index (χ3v) is 5.33. The lowest BCUT2D eigenvalue weighted by Gasteiger charge is -2.13. The van der Waals surface area contributed by atoms with Crippen molar-refractivity contribution >= 4 is 57.3 Å². The van der Waals surface area contributed by atoms with E-state index in [1.165, 1.54) is 9.80 Å². The maximum Gasteiger partial charge on any atom is 0.326 e. The molecule has 0 saturated carbocycles. The number of hydrogen-bond donors (Lipinski definition) is 0. The second kappa shape index (κ2) is 6.97. The predicted octanol–water partition coefficient (Wildman–Crippen LogP) is 2.19. The van der Waals surface area contributed by atoms with Gasteiger partial charge in [0.2, 0.25) is 0 Å². The first-order chi connectivity index (χ1) is 12.0. The number of ether oxygens (including phenoxy) is 1. The van der Waals surface area contributed by atoms with E-state index >= 15 is 0 Å². The van der Waals surface area contributed by atoms with Crippen molar-refractivity contribution in [2.24, 2.45) is 0 Å². The quantitative estimate of drug-likeness (QED) is 0.456. The predicted molar refractivity (Wildman–Crippen MR) is 99.9 cm³/mol. The second-order valence-electron chi connectivity index (χ2n) is 5.57. The van der Waals surface area contributed by atoms with Crippen LogP contribution in [0.25, 0.3) is 5.57 Å². The maximum atomic E-state index is 12.8. The third-order valence-electron chi connectivity index (χ3n) is 3.88. The average molecular weight is 376 g/mol. The Morgan fingerprint density at radius 1 is 1.24 bits per heavy atom. The van der Waals surface area contributed by atoms with E-state index in [0.29, 0.717) is 24.2 Å². The van der Waals surface area contributed by atoms with Crippen molar-refractivity contribution in [1.29, 1.82) is 0 Å². The number of carbonyl (C=O) groups excluding carboxylic acids is 3. The van der Waals surface area contributed by atoms with Crippen LogP contribution in [0.3, 0.4) is 0 Å². The van der Waals surface area contributed by atoms with Crippen molar-refractivity contribution in [3.63, 3.8) is 0 Å². The zero-order chi connectivity index (χ0) is 18.1. The Bertz CT molecular complexity index is 819. The summed E-state index contributed by atoms with van der Waals surface area (Å²) in [5, 5.41) is 0. The number of rotatable bonds is 4. The average Bonchev–Trinajstić information content (AvgIpc) is 3.01. The number of para-hydroxylation sites is 1. The standard InChI is InChI=1S/C17H16N2O4S2/c1-3-8-23-12(20)9-19-16(22)14(25-17(19)24)13-10-6-4-5-7-11(10)18(2)15(13)21/h4-7H,3,8-9H2,1-2H3. The number of likely N-dealkylation sites (N-methyl/N-ethyl adjacent to an activating group) is 1. The minimum atomic E-state index is -0.514. The molecule has 2 amide bonds. The van der Waals surface area contributed by atoms with Crippen LogP contribution in [0.4, 0.5) is 5.69 Å². The first-order valence-electron chi connectivity index (χ1n) is 7.76. The number of hydrogen-bond acceptors (Lipinski definition) is 6. The Kier molecular flexibility index (Phi) is 4.91. The first-order valence-corrected chi connectivity index (χ1v) is 8.99. The molecule has 8 heteroatoms. The van der Waals surface area contributed by atoms with Crippen LogP contribution >= 0.6 is 24.0 Å². The summed E-state index contributed by atoms with van der Waals surface area (Å²) in [4.78, 5) is 40.1. The zero-order valence-electron chi connectivity index (χ0n) is 13.8. The van der Waals surface area contributed by atoms with Crippen LogP contribution in [0.15, 0.2) is 29.2 Å². The van der Waals surface area contributed by atoms with Gasteiger partial charge in [0.1, 0.15) is 10.9 Å². The number of anilines is 1. The second-order valence-corrected chi connectivity index (χ2v) is 7.21. The number of fused-ring (bicyclic) bond motifs is 1. The Morgan fingerprint density at radius 2 is 1.96 bits per heavy atom. The van der Waals surface area contributed by atoms with E-state index in [1.807, 2.05) is 25.1 Å². The van der Waals surface area contributed by atoms with Crippen LogP contribution in [0.1, 0.15) is 18.9 Å². The van der Waals surface area contributed by atoms with Gasteiger partial charge in [-0.2, -0.15) is 0 Å². The van der Waals surface area contributed by atoms with Gasteiger partial charge in [0.15, 0.2) is 0 Å². The van der Waals surface area contributed by atoms with Crippen molar-refractivity contribution in [2.75, 3.05) is 25.1 Å². The summed E-state index contributed by atoms with van der Waals surface area (Å²) in [6, 6.07) is 7.27. The minimum absolute atomic E-state index is 0.243. The van der Waals surface area contributed by atoms with Gasteiger partial charge in [0.25, 0.3) is 11.8 Å². The number of esters is 1. The van der Waals surface area contributed by atoms with Gasteiger partial charge in [-0.15, -0.1) is 0 Å². The molecular weight excluding hydrogens is 360 g/mol. The van der Waals surface area contributed by atoms with Gasteiger partial charge in [-0.05, 0) is 12.5 Å². The molecule has 0 unspecified atom stereocenters. The fourth-order valence-corrected chi connectivity index (χ4v) is 3.99. The molecule has 25 heavy (non-hydrogen) atoms. The Morgan fingerprint density at radius 3 is 2.68 bits per heavy atom. The van der Waals surface area contributed by atoms with E-state index in [1.54, 1.807) is 13.1 Å². The van der Waals surface area contributed by atoms with E-state index in [2.05, 4.69) is 0 Å². The van der Waals surface area contributed by atoms with Crippen LogP contribution in [0.5, 0.6) is 0 Å². The molecule has 2 heterocycles. The Balaban J connectivity index is 1.93. The third kappa shape index (κ3) is 3.07. The first kappa shape index (κ1) is 17.6. The number of thiocarbonyl (C=S) groups is 1. The van der Waals surface area contributed by atoms with Crippen molar-refractivity contribution < 1.29 is 19.1 Å². The van der Waals surface area contributed by atoms with Crippen molar-refractivity contribution in [3.8, 4) is 0 Å². The van der Waals surface area contributed by atoms with Gasteiger partial charge in [-0.3, -0.25) is 19.3 Å².